The van der Waals surface area contributed by atoms with E-state index in [1.54, 1.807) is 42.5 Å². The van der Waals surface area contributed by atoms with E-state index in [-0.39, 0.29) is 35.9 Å². The van der Waals surface area contributed by atoms with Gasteiger partial charge in [-0.3, -0.25) is 14.4 Å². The molecule has 4 heterocycles. The van der Waals surface area contributed by atoms with Crippen molar-refractivity contribution in [3.63, 3.8) is 0 Å². The van der Waals surface area contributed by atoms with E-state index in [4.69, 9.17) is 28.3 Å². The third-order valence-corrected chi connectivity index (χ3v) is 9.16. The molecule has 0 unspecified atom stereocenters. The van der Waals surface area contributed by atoms with Crippen LogP contribution in [0.3, 0.4) is 0 Å². The van der Waals surface area contributed by atoms with Crippen LogP contribution in [-0.2, 0) is 16.8 Å². The highest BCUT2D eigenvalue weighted by Crippen LogP contribution is 2.63. The third-order valence-electron chi connectivity index (χ3n) is 8.64. The van der Waals surface area contributed by atoms with Crippen molar-refractivity contribution in [2.75, 3.05) is 11.9 Å². The van der Waals surface area contributed by atoms with Crippen LogP contribution in [0.2, 0.25) is 10.0 Å². The van der Waals surface area contributed by atoms with Crippen molar-refractivity contribution >= 4 is 51.7 Å². The number of benzene rings is 3. The summed E-state index contributed by atoms with van der Waals surface area (Å²) in [5.74, 6) is -2.32. The maximum Gasteiger partial charge on any atom is 0.335 e. The zero-order chi connectivity index (χ0) is 28.1. The fraction of sp³-hybridized carbons (Fsp3) is 0.323. The van der Waals surface area contributed by atoms with Crippen LogP contribution >= 0.6 is 23.2 Å². The van der Waals surface area contributed by atoms with Crippen molar-refractivity contribution < 1.29 is 19.1 Å². The summed E-state index contributed by atoms with van der Waals surface area (Å²) in [7, 11) is 0. The highest BCUT2D eigenvalue weighted by Gasteiger charge is 2.69. The number of hydrogen-bond donors (Lipinski definition) is 2. The first-order chi connectivity index (χ1) is 19.1. The Morgan fingerprint density at radius 1 is 1.20 bits per heavy atom. The van der Waals surface area contributed by atoms with Crippen LogP contribution < -0.4 is 5.32 Å². The lowest BCUT2D eigenvalue weighted by molar-refractivity contribution is -0.128. The molecule has 4 atom stereocenters. The minimum Gasteiger partial charge on any atom is -0.478 e. The summed E-state index contributed by atoms with van der Waals surface area (Å²) < 4.78 is 17.9. The average Bonchev–Trinajstić information content (AvgIpc) is 3.59. The summed E-state index contributed by atoms with van der Waals surface area (Å²) in [5, 5.41) is 18.8. The molecule has 0 aliphatic carbocycles. The number of carboxylic acids is 1. The number of fused-ring (bicyclic) bond motifs is 7. The van der Waals surface area contributed by atoms with Gasteiger partial charge in [0.15, 0.2) is 0 Å². The van der Waals surface area contributed by atoms with Crippen molar-refractivity contribution in [3.05, 3.63) is 92.8 Å². The molecule has 4 aromatic rings. The molecule has 1 saturated heterocycles. The lowest BCUT2D eigenvalue weighted by Crippen LogP contribution is -2.53. The van der Waals surface area contributed by atoms with Crippen molar-refractivity contribution in [3.8, 4) is 0 Å². The number of aromatic nitrogens is 2. The molecule has 3 aromatic carbocycles. The minimum atomic E-state index is -1.24. The molecule has 1 spiro atoms. The molecule has 0 saturated carbocycles. The largest absolute Gasteiger partial charge is 0.478 e. The number of carboxylic acid groups (broad SMARTS) is 1. The van der Waals surface area contributed by atoms with Gasteiger partial charge in [-0.2, -0.15) is 5.10 Å². The van der Waals surface area contributed by atoms with Gasteiger partial charge in [0.05, 0.1) is 22.1 Å². The maximum absolute atomic E-state index is 16.0. The lowest BCUT2D eigenvalue weighted by atomic mass is 9.73. The van der Waals surface area contributed by atoms with Gasteiger partial charge in [0.25, 0.3) is 0 Å². The van der Waals surface area contributed by atoms with E-state index in [1.165, 1.54) is 6.07 Å². The smallest absolute Gasteiger partial charge is 0.335 e. The maximum atomic E-state index is 16.0. The predicted octanol–water partition coefficient (Wildman–Crippen LogP) is 6.89. The number of aromatic carboxylic acids is 1. The fourth-order valence-electron chi connectivity index (χ4n) is 7.30. The van der Waals surface area contributed by atoms with Gasteiger partial charge < -0.3 is 10.4 Å². The first kappa shape index (κ1) is 27.7. The number of anilines is 1. The van der Waals surface area contributed by atoms with E-state index in [1.807, 2.05) is 10.7 Å². The summed E-state index contributed by atoms with van der Waals surface area (Å²) in [6.45, 7) is 4.78. The second-order valence-corrected chi connectivity index (χ2v) is 12.1. The van der Waals surface area contributed by atoms with Gasteiger partial charge in [0.2, 0.25) is 5.91 Å². The number of likely N-dealkylation sites (tertiary alicyclic amines) is 1. The Morgan fingerprint density at radius 2 is 1.98 bits per heavy atom. The van der Waals surface area contributed by atoms with E-state index in [2.05, 4.69) is 24.1 Å². The van der Waals surface area contributed by atoms with Gasteiger partial charge in [-0.1, -0.05) is 68.7 Å². The highest BCUT2D eigenvalue weighted by atomic mass is 35.5. The molecule has 2 N–H and O–H groups in total. The molecule has 10 heteroatoms. The number of nitrogens with zero attached hydrogens (tertiary/aromatic N) is 3. The van der Waals surface area contributed by atoms with Gasteiger partial charge in [-0.05, 0) is 41.8 Å². The number of carbonyl (C=O) groups is 2. The summed E-state index contributed by atoms with van der Waals surface area (Å²) in [6.07, 6.45) is 0.566. The molecule has 1 fully saturated rings. The van der Waals surface area contributed by atoms with Crippen LogP contribution in [0, 0.1) is 11.7 Å². The summed E-state index contributed by atoms with van der Waals surface area (Å²) in [6, 6.07) is 14.6. The number of amides is 1. The molecule has 41 heavy (non-hydrogen) atoms. The quantitative estimate of drug-likeness (QED) is 0.269. The molecule has 7 nitrogen and oxygen atoms in total. The average molecular weight is 596 g/mol. The van der Waals surface area contributed by atoms with E-state index >= 15 is 4.39 Å². The van der Waals surface area contributed by atoms with Gasteiger partial charge in [0.1, 0.15) is 11.4 Å². The van der Waals surface area contributed by atoms with Crippen LogP contribution in [-0.4, -0.2) is 44.3 Å². The Bertz CT molecular complexity index is 1750. The molecular weight excluding hydrogens is 566 g/mol. The summed E-state index contributed by atoms with van der Waals surface area (Å²) >= 11 is 12.7. The predicted molar refractivity (Wildman–Crippen MR) is 157 cm³/mol. The number of nitrogens with one attached hydrogen (secondary N) is 1. The zero-order valence-corrected chi connectivity index (χ0v) is 23.2. The number of hydrogen-bond acceptors (Lipinski definition) is 4. The highest BCUT2D eigenvalue weighted by molar-refractivity contribution is 6.31. The van der Waals surface area contributed by atoms with E-state index in [0.717, 1.165) is 16.6 Å². The molecule has 7 rings (SSSR count). The molecule has 3 aliphatic rings. The van der Waals surface area contributed by atoms with E-state index in [9.17, 15) is 14.7 Å². The first-order valence-electron chi connectivity index (χ1n) is 13.2. The Kier molecular flexibility index (Phi) is 6.45. The zero-order valence-electron chi connectivity index (χ0n) is 21.7. The number of rotatable bonds is 4. The van der Waals surface area contributed by atoms with Gasteiger partial charge in [-0.25, -0.2) is 9.18 Å². The fourth-order valence-corrected chi connectivity index (χ4v) is 7.65. The van der Waals surface area contributed by atoms with Gasteiger partial charge in [-0.15, -0.1) is 0 Å². The van der Waals surface area contributed by atoms with Crippen molar-refractivity contribution in [1.82, 2.24) is 14.7 Å². The summed E-state index contributed by atoms with van der Waals surface area (Å²) in [4.78, 5) is 28.2. The standard InChI is InChI=1S/C30H25Cl2FN4O3.CH4/c1-14(2)13-36-24-12-23-17-8-6-15(28(38)39)10-21(17)35-37(23)27(24)25(18-4-3-5-20(32)26(18)33)30(36)19-9-7-16(31)11-22(19)34-29(30)40;/h3-11,14,24-25,27H,12-13H2,1-2H3,(H,34,40)(H,38,39);1H4/t24-,25-,27+,30+;/m0./s1. The monoisotopic (exact) mass is 594 g/mol. The Labute approximate surface area is 246 Å². The second kappa shape index (κ2) is 9.54. The number of carbonyl (C=O) groups excluding carboxylic acids is 1. The Balaban J connectivity index is 0.00000302. The van der Waals surface area contributed by atoms with E-state index in [0.29, 0.717) is 34.8 Å². The first-order valence-corrected chi connectivity index (χ1v) is 13.9. The molecule has 1 aromatic heterocycles. The van der Waals surface area contributed by atoms with E-state index < -0.39 is 29.3 Å². The molecular formula is C31H29Cl2FN4O3. The second-order valence-electron chi connectivity index (χ2n) is 11.3. The topological polar surface area (TPSA) is 87.5 Å². The molecule has 1 amide bonds. The molecule has 212 valence electrons. The van der Waals surface area contributed by atoms with Crippen molar-refractivity contribution in [2.45, 2.75) is 51.2 Å². The molecule has 0 radical (unpaired) electrons. The Hall–Kier alpha value is -3.46. The van der Waals surface area contributed by atoms with Gasteiger partial charge in [0, 0.05) is 52.3 Å². The van der Waals surface area contributed by atoms with Crippen LogP contribution in [0.5, 0.6) is 0 Å². The third kappa shape index (κ3) is 3.70. The van der Waals surface area contributed by atoms with Gasteiger partial charge >= 0.3 is 5.97 Å². The SMILES string of the molecule is C.CC(C)CN1[C@H]2Cc3c4ccc(C(=O)O)cc4nn3[C@H]2[C@H](c2cccc(Cl)c2F)[C@]12C(=O)Nc1cc(Cl)ccc12. The van der Waals surface area contributed by atoms with Crippen molar-refractivity contribution in [1.29, 1.82) is 0 Å². The normalized spacial score (nSPS) is 24.4. The van der Waals surface area contributed by atoms with Crippen LogP contribution in [0.4, 0.5) is 10.1 Å². The number of halogens is 3. The summed E-state index contributed by atoms with van der Waals surface area (Å²) in [5.41, 5.74) is 2.08. The minimum absolute atomic E-state index is 0. The molecule has 3 aliphatic heterocycles. The Morgan fingerprint density at radius 3 is 2.71 bits per heavy atom. The molecule has 0 bridgehead atoms. The van der Waals surface area contributed by atoms with Crippen LogP contribution in [0.25, 0.3) is 10.9 Å². The van der Waals surface area contributed by atoms with Crippen molar-refractivity contribution in [2.24, 2.45) is 5.92 Å². The lowest BCUT2D eigenvalue weighted by Gasteiger charge is -2.40. The van der Waals surface area contributed by atoms with Crippen LogP contribution in [0.1, 0.15) is 60.4 Å². The van der Waals surface area contributed by atoms with Crippen LogP contribution in [0.15, 0.2) is 54.6 Å².